The van der Waals surface area contributed by atoms with E-state index >= 15 is 0 Å². The summed E-state index contributed by atoms with van der Waals surface area (Å²) in [5.74, 6) is -0.842. The first-order valence-corrected chi connectivity index (χ1v) is 8.10. The Morgan fingerprint density at radius 3 is 2.33 bits per heavy atom. The molecule has 0 aromatic rings. The summed E-state index contributed by atoms with van der Waals surface area (Å²) in [4.78, 5) is 25.3. The minimum absolute atomic E-state index is 0.0137. The molecular formula is C15H27N3O3. The Morgan fingerprint density at radius 2 is 1.71 bits per heavy atom. The molecule has 0 radical (unpaired) electrons. The quantitative estimate of drug-likeness (QED) is 0.614. The van der Waals surface area contributed by atoms with Crippen molar-refractivity contribution in [3.63, 3.8) is 0 Å². The van der Waals surface area contributed by atoms with Crippen molar-refractivity contribution in [3.8, 4) is 0 Å². The summed E-state index contributed by atoms with van der Waals surface area (Å²) in [5, 5.41) is 15.3. The number of hydrogen-bond donors (Lipinski definition) is 3. The third kappa shape index (κ3) is 5.28. The highest BCUT2D eigenvalue weighted by molar-refractivity contribution is 5.79. The molecule has 3 N–H and O–H groups in total. The van der Waals surface area contributed by atoms with Crippen LogP contribution in [-0.4, -0.2) is 61.2 Å². The highest BCUT2D eigenvalue weighted by Gasteiger charge is 2.29. The molecule has 2 fully saturated rings. The van der Waals surface area contributed by atoms with Crippen LogP contribution in [0.2, 0.25) is 0 Å². The number of rotatable bonds is 6. The monoisotopic (exact) mass is 297 g/mol. The van der Waals surface area contributed by atoms with Gasteiger partial charge in [0.05, 0.1) is 5.92 Å². The topological polar surface area (TPSA) is 81.7 Å². The third-order valence-corrected chi connectivity index (χ3v) is 4.61. The zero-order chi connectivity index (χ0) is 15.1. The van der Waals surface area contributed by atoms with E-state index in [1.165, 1.54) is 0 Å². The molecule has 0 spiro atoms. The lowest BCUT2D eigenvalue weighted by Crippen LogP contribution is -2.44. The summed E-state index contributed by atoms with van der Waals surface area (Å²) in [6.07, 6.45) is 3.67. The van der Waals surface area contributed by atoms with E-state index in [4.69, 9.17) is 5.11 Å². The van der Waals surface area contributed by atoms with Crippen molar-refractivity contribution in [1.29, 1.82) is 0 Å². The van der Waals surface area contributed by atoms with Crippen LogP contribution < -0.4 is 10.6 Å². The lowest BCUT2D eigenvalue weighted by molar-refractivity contribution is -0.144. The number of carbonyl (C=O) groups is 2. The van der Waals surface area contributed by atoms with Crippen molar-refractivity contribution < 1.29 is 14.7 Å². The van der Waals surface area contributed by atoms with Gasteiger partial charge in [-0.3, -0.25) is 9.59 Å². The van der Waals surface area contributed by atoms with Gasteiger partial charge in [-0.25, -0.2) is 0 Å². The van der Waals surface area contributed by atoms with Crippen LogP contribution in [0.1, 0.15) is 32.1 Å². The number of piperazine rings is 1. The smallest absolute Gasteiger partial charge is 0.306 e. The molecule has 0 unspecified atom stereocenters. The van der Waals surface area contributed by atoms with Crippen LogP contribution in [0.5, 0.6) is 0 Å². The van der Waals surface area contributed by atoms with Crippen LogP contribution >= 0.6 is 0 Å². The second-order valence-corrected chi connectivity index (χ2v) is 6.12. The van der Waals surface area contributed by atoms with Gasteiger partial charge >= 0.3 is 5.97 Å². The van der Waals surface area contributed by atoms with Crippen molar-refractivity contribution >= 4 is 11.9 Å². The maximum absolute atomic E-state index is 12.0. The Kier molecular flexibility index (Phi) is 6.45. The van der Waals surface area contributed by atoms with E-state index < -0.39 is 5.97 Å². The normalized spacial score (nSPS) is 27.2. The van der Waals surface area contributed by atoms with Crippen molar-refractivity contribution in [2.75, 3.05) is 39.3 Å². The lowest BCUT2D eigenvalue weighted by Gasteiger charge is -2.27. The molecule has 0 aromatic heterocycles. The number of carbonyl (C=O) groups excluding carboxylic acids is 1. The Labute approximate surface area is 126 Å². The third-order valence-electron chi connectivity index (χ3n) is 4.61. The van der Waals surface area contributed by atoms with Crippen LogP contribution in [0, 0.1) is 11.8 Å². The Bertz CT molecular complexity index is 348. The minimum Gasteiger partial charge on any atom is -0.481 e. The fraction of sp³-hybridized carbons (Fsp3) is 0.867. The maximum atomic E-state index is 12.0. The molecule has 6 heteroatoms. The van der Waals surface area contributed by atoms with E-state index in [0.29, 0.717) is 25.7 Å². The molecule has 1 saturated carbocycles. The Hall–Kier alpha value is -1.14. The minimum atomic E-state index is -0.718. The number of hydrogen-bond acceptors (Lipinski definition) is 4. The van der Waals surface area contributed by atoms with E-state index in [1.807, 2.05) is 0 Å². The molecule has 1 aliphatic heterocycles. The van der Waals surface area contributed by atoms with Gasteiger partial charge in [0.25, 0.3) is 0 Å². The van der Waals surface area contributed by atoms with Crippen molar-refractivity contribution in [2.45, 2.75) is 32.1 Å². The highest BCUT2D eigenvalue weighted by atomic mass is 16.4. The number of carboxylic acids is 1. The standard InChI is InChI=1S/C15H27N3O3/c19-14(12-2-4-13(5-3-12)15(20)21)17-6-1-9-18-10-7-16-8-11-18/h12-13,16H,1-11H2,(H,17,19)(H,20,21). The average Bonchev–Trinajstić information content (AvgIpc) is 2.52. The second kappa shape index (κ2) is 8.34. The molecule has 1 aliphatic carbocycles. The number of nitrogens with one attached hydrogen (secondary N) is 2. The molecule has 2 rings (SSSR count). The highest BCUT2D eigenvalue weighted by Crippen LogP contribution is 2.28. The van der Waals surface area contributed by atoms with Gasteiger partial charge in [-0.2, -0.15) is 0 Å². The molecule has 0 atom stereocenters. The SMILES string of the molecule is O=C(O)C1CCC(C(=O)NCCCN2CCNCC2)CC1. The van der Waals surface area contributed by atoms with Gasteiger partial charge in [-0.1, -0.05) is 0 Å². The van der Waals surface area contributed by atoms with Crippen molar-refractivity contribution in [2.24, 2.45) is 11.8 Å². The Balaban J connectivity index is 1.56. The molecule has 120 valence electrons. The second-order valence-electron chi connectivity index (χ2n) is 6.12. The van der Waals surface area contributed by atoms with Crippen LogP contribution in [0.15, 0.2) is 0 Å². The predicted molar refractivity (Wildman–Crippen MR) is 80.0 cm³/mol. The molecule has 0 aromatic carbocycles. The lowest BCUT2D eigenvalue weighted by atomic mass is 9.81. The van der Waals surface area contributed by atoms with Gasteiger partial charge in [0.2, 0.25) is 5.91 Å². The molecule has 2 aliphatic rings. The first-order chi connectivity index (χ1) is 10.2. The van der Waals surface area contributed by atoms with Gasteiger partial charge < -0.3 is 20.6 Å². The fourth-order valence-electron chi connectivity index (χ4n) is 3.20. The van der Waals surface area contributed by atoms with E-state index in [2.05, 4.69) is 15.5 Å². The summed E-state index contributed by atoms with van der Waals surface area (Å²) in [7, 11) is 0. The van der Waals surface area contributed by atoms with Gasteiger partial charge in [-0.05, 0) is 38.6 Å². The van der Waals surface area contributed by atoms with Crippen LogP contribution in [0.3, 0.4) is 0 Å². The summed E-state index contributed by atoms with van der Waals surface area (Å²) in [6.45, 7) is 6.05. The molecule has 1 heterocycles. The van der Waals surface area contributed by atoms with Gasteiger partial charge in [-0.15, -0.1) is 0 Å². The molecular weight excluding hydrogens is 270 g/mol. The summed E-state index contributed by atoms with van der Waals surface area (Å²) in [6, 6.07) is 0. The molecule has 6 nitrogen and oxygen atoms in total. The van der Waals surface area contributed by atoms with E-state index in [1.54, 1.807) is 0 Å². The fourth-order valence-corrected chi connectivity index (χ4v) is 3.20. The first kappa shape index (κ1) is 16.2. The summed E-state index contributed by atoms with van der Waals surface area (Å²) in [5.41, 5.74) is 0. The molecule has 21 heavy (non-hydrogen) atoms. The maximum Gasteiger partial charge on any atom is 0.306 e. The zero-order valence-electron chi connectivity index (χ0n) is 12.6. The van der Waals surface area contributed by atoms with E-state index in [-0.39, 0.29) is 17.7 Å². The molecule has 1 amide bonds. The average molecular weight is 297 g/mol. The summed E-state index contributed by atoms with van der Waals surface area (Å²) < 4.78 is 0. The largest absolute Gasteiger partial charge is 0.481 e. The Morgan fingerprint density at radius 1 is 1.10 bits per heavy atom. The number of amides is 1. The van der Waals surface area contributed by atoms with Gasteiger partial charge in [0, 0.05) is 38.6 Å². The van der Waals surface area contributed by atoms with E-state index in [0.717, 1.165) is 45.7 Å². The van der Waals surface area contributed by atoms with Crippen LogP contribution in [-0.2, 0) is 9.59 Å². The van der Waals surface area contributed by atoms with Crippen LogP contribution in [0.25, 0.3) is 0 Å². The van der Waals surface area contributed by atoms with Crippen molar-refractivity contribution in [1.82, 2.24) is 15.5 Å². The van der Waals surface area contributed by atoms with E-state index in [9.17, 15) is 9.59 Å². The predicted octanol–water partition coefficient (Wildman–Crippen LogP) is 0.289. The molecule has 1 saturated heterocycles. The first-order valence-electron chi connectivity index (χ1n) is 8.10. The van der Waals surface area contributed by atoms with Gasteiger partial charge in [0.15, 0.2) is 0 Å². The van der Waals surface area contributed by atoms with Crippen LogP contribution in [0.4, 0.5) is 0 Å². The zero-order valence-corrected chi connectivity index (χ0v) is 12.6. The van der Waals surface area contributed by atoms with Crippen molar-refractivity contribution in [3.05, 3.63) is 0 Å². The number of nitrogens with zero attached hydrogens (tertiary/aromatic N) is 1. The number of carboxylic acid groups (broad SMARTS) is 1. The number of aliphatic carboxylic acids is 1. The van der Waals surface area contributed by atoms with Gasteiger partial charge in [0.1, 0.15) is 0 Å². The molecule has 0 bridgehead atoms. The summed E-state index contributed by atoms with van der Waals surface area (Å²) >= 11 is 0.